The normalized spacial score (nSPS) is 10.4. The zero-order valence-corrected chi connectivity index (χ0v) is 11.9. The van der Waals surface area contributed by atoms with Gasteiger partial charge in [-0.25, -0.2) is 4.98 Å². The number of alkyl halides is 1. The van der Waals surface area contributed by atoms with Crippen LogP contribution in [0.5, 0.6) is 11.6 Å². The molecule has 2 aromatic rings. The minimum absolute atomic E-state index is 0.469. The summed E-state index contributed by atoms with van der Waals surface area (Å²) in [5.74, 6) is 1.89. The van der Waals surface area contributed by atoms with E-state index in [1.807, 2.05) is 43.5 Å². The summed E-state index contributed by atoms with van der Waals surface area (Å²) >= 11 is 7.47. The molecule has 4 heteroatoms. The molecule has 1 aromatic heterocycles. The molecule has 0 unspecified atom stereocenters. The molecule has 0 saturated heterocycles. The number of rotatable bonds is 4. The Bertz CT molecular complexity index is 528. The van der Waals surface area contributed by atoms with Crippen LogP contribution in [0.3, 0.4) is 0 Å². The number of halogens is 1. The van der Waals surface area contributed by atoms with Gasteiger partial charge in [-0.2, -0.15) is 0 Å². The monoisotopic (exact) mass is 279 g/mol. The first-order valence-corrected chi connectivity index (χ1v) is 7.32. The molecule has 0 aliphatic rings. The van der Waals surface area contributed by atoms with Gasteiger partial charge in [0.1, 0.15) is 5.75 Å². The Balaban J connectivity index is 2.17. The predicted octanol–water partition coefficient (Wildman–Crippen LogP) is 4.64. The lowest BCUT2D eigenvalue weighted by molar-refractivity contribution is 0.458. The Kier molecular flexibility index (Phi) is 4.50. The molecule has 0 saturated carbocycles. The molecule has 0 bridgehead atoms. The molecule has 0 atom stereocenters. The van der Waals surface area contributed by atoms with Crippen LogP contribution in [0.25, 0.3) is 0 Å². The van der Waals surface area contributed by atoms with Crippen LogP contribution < -0.4 is 4.74 Å². The maximum atomic E-state index is 5.76. The van der Waals surface area contributed by atoms with Gasteiger partial charge in [0.25, 0.3) is 0 Å². The van der Waals surface area contributed by atoms with Crippen LogP contribution >= 0.6 is 23.4 Å². The second kappa shape index (κ2) is 6.12. The average Bonchev–Trinajstić information content (AvgIpc) is 2.42. The number of ether oxygens (including phenoxy) is 1. The van der Waals surface area contributed by atoms with E-state index in [0.717, 1.165) is 16.9 Å². The highest BCUT2D eigenvalue weighted by Gasteiger charge is 2.04. The smallest absolute Gasteiger partial charge is 0.222 e. The fourth-order valence-electron chi connectivity index (χ4n) is 1.56. The SMILES string of the molecule is CSc1ccc(Oc2ncc(CCl)cc2C)cc1. The summed E-state index contributed by atoms with van der Waals surface area (Å²) in [5.41, 5.74) is 1.99. The van der Waals surface area contributed by atoms with Gasteiger partial charge in [0.15, 0.2) is 0 Å². The van der Waals surface area contributed by atoms with E-state index in [1.165, 1.54) is 4.90 Å². The highest BCUT2D eigenvalue weighted by molar-refractivity contribution is 7.98. The van der Waals surface area contributed by atoms with Gasteiger partial charge in [0.2, 0.25) is 5.88 Å². The summed E-state index contributed by atoms with van der Waals surface area (Å²) in [7, 11) is 0. The van der Waals surface area contributed by atoms with E-state index in [4.69, 9.17) is 16.3 Å². The molecule has 0 aliphatic heterocycles. The molecule has 1 heterocycles. The maximum Gasteiger partial charge on any atom is 0.222 e. The zero-order valence-electron chi connectivity index (χ0n) is 10.3. The lowest BCUT2D eigenvalue weighted by atomic mass is 10.2. The zero-order chi connectivity index (χ0) is 13.0. The number of nitrogens with zero attached hydrogens (tertiary/aromatic N) is 1. The summed E-state index contributed by atoms with van der Waals surface area (Å²) in [6.45, 7) is 1.97. The quantitative estimate of drug-likeness (QED) is 0.601. The Morgan fingerprint density at radius 2 is 2.00 bits per heavy atom. The lowest BCUT2D eigenvalue weighted by Crippen LogP contribution is -1.93. The lowest BCUT2D eigenvalue weighted by Gasteiger charge is -2.08. The van der Waals surface area contributed by atoms with Crippen molar-refractivity contribution in [3.63, 3.8) is 0 Å². The van der Waals surface area contributed by atoms with E-state index in [9.17, 15) is 0 Å². The van der Waals surface area contributed by atoms with Crippen molar-refractivity contribution in [2.24, 2.45) is 0 Å². The van der Waals surface area contributed by atoms with E-state index in [1.54, 1.807) is 18.0 Å². The molecular formula is C14H14ClNOS. The second-order valence-electron chi connectivity index (χ2n) is 3.88. The van der Waals surface area contributed by atoms with Gasteiger partial charge in [-0.3, -0.25) is 0 Å². The van der Waals surface area contributed by atoms with E-state index < -0.39 is 0 Å². The number of pyridine rings is 1. The molecule has 0 aliphatic carbocycles. The molecule has 18 heavy (non-hydrogen) atoms. The van der Waals surface area contributed by atoms with Crippen LogP contribution in [0.2, 0.25) is 0 Å². The fourth-order valence-corrected chi connectivity index (χ4v) is 2.11. The van der Waals surface area contributed by atoms with E-state index >= 15 is 0 Å². The van der Waals surface area contributed by atoms with Crippen molar-refractivity contribution in [1.82, 2.24) is 4.98 Å². The Morgan fingerprint density at radius 1 is 1.28 bits per heavy atom. The van der Waals surface area contributed by atoms with Crippen molar-refractivity contribution in [1.29, 1.82) is 0 Å². The van der Waals surface area contributed by atoms with Crippen LogP contribution in [0.15, 0.2) is 41.4 Å². The van der Waals surface area contributed by atoms with E-state index in [2.05, 4.69) is 4.98 Å². The summed E-state index contributed by atoms with van der Waals surface area (Å²) in [6, 6.07) is 9.95. The number of hydrogen-bond acceptors (Lipinski definition) is 3. The van der Waals surface area contributed by atoms with Crippen LogP contribution in [0, 0.1) is 6.92 Å². The first-order chi connectivity index (χ1) is 8.72. The van der Waals surface area contributed by atoms with Gasteiger partial charge >= 0.3 is 0 Å². The third kappa shape index (κ3) is 3.18. The van der Waals surface area contributed by atoms with Crippen molar-refractivity contribution >= 4 is 23.4 Å². The van der Waals surface area contributed by atoms with Gasteiger partial charge in [-0.15, -0.1) is 23.4 Å². The highest BCUT2D eigenvalue weighted by Crippen LogP contribution is 2.25. The number of benzene rings is 1. The van der Waals surface area contributed by atoms with Gasteiger partial charge < -0.3 is 4.74 Å². The molecular weight excluding hydrogens is 266 g/mol. The molecule has 1 aromatic carbocycles. The number of thioether (sulfide) groups is 1. The van der Waals surface area contributed by atoms with Crippen molar-refractivity contribution < 1.29 is 4.74 Å². The fraction of sp³-hybridized carbons (Fsp3) is 0.214. The second-order valence-corrected chi connectivity index (χ2v) is 5.02. The Morgan fingerprint density at radius 3 is 2.56 bits per heavy atom. The molecule has 94 valence electrons. The molecule has 0 fully saturated rings. The first-order valence-electron chi connectivity index (χ1n) is 5.56. The molecule has 0 N–H and O–H groups in total. The van der Waals surface area contributed by atoms with Crippen LogP contribution in [-0.4, -0.2) is 11.2 Å². The Hall–Kier alpha value is -1.19. The largest absolute Gasteiger partial charge is 0.439 e. The van der Waals surface area contributed by atoms with Crippen molar-refractivity contribution in [2.45, 2.75) is 17.7 Å². The van der Waals surface area contributed by atoms with E-state index in [-0.39, 0.29) is 0 Å². The van der Waals surface area contributed by atoms with Gasteiger partial charge in [-0.05, 0) is 49.1 Å². The number of hydrogen-bond donors (Lipinski definition) is 0. The van der Waals surface area contributed by atoms with Gasteiger partial charge in [-0.1, -0.05) is 0 Å². The van der Waals surface area contributed by atoms with Crippen molar-refractivity contribution in [3.05, 3.63) is 47.7 Å². The minimum Gasteiger partial charge on any atom is -0.439 e. The summed E-state index contributed by atoms with van der Waals surface area (Å²) < 4.78 is 5.74. The van der Waals surface area contributed by atoms with Crippen LogP contribution in [-0.2, 0) is 5.88 Å². The molecule has 2 nitrogen and oxygen atoms in total. The third-order valence-electron chi connectivity index (χ3n) is 2.52. The van der Waals surface area contributed by atoms with Crippen molar-refractivity contribution in [3.8, 4) is 11.6 Å². The summed E-state index contributed by atoms with van der Waals surface area (Å²) in [6.07, 6.45) is 3.79. The standard InChI is InChI=1S/C14H14ClNOS/c1-10-7-11(8-15)9-16-14(10)17-12-3-5-13(18-2)6-4-12/h3-7,9H,8H2,1-2H3. The maximum absolute atomic E-state index is 5.76. The van der Waals surface area contributed by atoms with Gasteiger partial charge in [0, 0.05) is 22.5 Å². The first kappa shape index (κ1) is 13.2. The predicted molar refractivity (Wildman–Crippen MR) is 76.8 cm³/mol. The average molecular weight is 280 g/mol. The molecule has 0 spiro atoms. The minimum atomic E-state index is 0.469. The Labute approximate surface area is 116 Å². The summed E-state index contributed by atoms with van der Waals surface area (Å²) in [4.78, 5) is 5.49. The molecule has 2 rings (SSSR count). The molecule has 0 amide bonds. The van der Waals surface area contributed by atoms with Gasteiger partial charge in [0.05, 0.1) is 0 Å². The van der Waals surface area contributed by atoms with Crippen LogP contribution in [0.1, 0.15) is 11.1 Å². The van der Waals surface area contributed by atoms with Crippen molar-refractivity contribution in [2.75, 3.05) is 6.26 Å². The topological polar surface area (TPSA) is 22.1 Å². The number of aryl methyl sites for hydroxylation is 1. The third-order valence-corrected chi connectivity index (χ3v) is 3.57. The highest BCUT2D eigenvalue weighted by atomic mass is 35.5. The molecule has 0 radical (unpaired) electrons. The summed E-state index contributed by atoms with van der Waals surface area (Å²) in [5, 5.41) is 0. The van der Waals surface area contributed by atoms with E-state index in [0.29, 0.717) is 11.8 Å². The number of aromatic nitrogens is 1. The van der Waals surface area contributed by atoms with Crippen LogP contribution in [0.4, 0.5) is 0 Å².